The van der Waals surface area contributed by atoms with Crippen LogP contribution in [0, 0.1) is 0 Å². The quantitative estimate of drug-likeness (QED) is 0.829. The molecule has 4 nitrogen and oxygen atoms in total. The molecule has 1 heterocycles. The van der Waals surface area contributed by atoms with Gasteiger partial charge in [-0.05, 0) is 32.0 Å². The number of benzene rings is 1. The number of nitrogens with zero attached hydrogens (tertiary/aromatic N) is 1. The van der Waals surface area contributed by atoms with Crippen LogP contribution in [0.5, 0.6) is 11.5 Å². The van der Waals surface area contributed by atoms with E-state index in [0.717, 1.165) is 37.7 Å². The van der Waals surface area contributed by atoms with Gasteiger partial charge in [-0.2, -0.15) is 0 Å². The van der Waals surface area contributed by atoms with Crippen molar-refractivity contribution >= 4 is 0 Å². The number of likely N-dealkylation sites (N-methyl/N-ethyl adjacent to an activating group) is 1. The number of rotatable bonds is 7. The molecule has 2 rings (SSSR count). The first kappa shape index (κ1) is 15.1. The summed E-state index contributed by atoms with van der Waals surface area (Å²) in [4.78, 5) is 2.46. The summed E-state index contributed by atoms with van der Waals surface area (Å²) in [7, 11) is 3.39. The average Bonchev–Trinajstić information content (AvgIpc) is 2.99. The normalized spacial score (nSPS) is 18.5. The van der Waals surface area contributed by atoms with Crippen LogP contribution in [0.4, 0.5) is 0 Å². The lowest BCUT2D eigenvalue weighted by atomic mass is 10.1. The summed E-state index contributed by atoms with van der Waals surface area (Å²) in [6, 6.07) is 6.72. The van der Waals surface area contributed by atoms with Crippen LogP contribution in [0.15, 0.2) is 18.2 Å². The molecule has 0 aromatic heterocycles. The van der Waals surface area contributed by atoms with Crippen LogP contribution in [0.2, 0.25) is 0 Å². The minimum atomic E-state index is 0.631. The van der Waals surface area contributed by atoms with Crippen LogP contribution in [0.25, 0.3) is 0 Å². The zero-order valence-electron chi connectivity index (χ0n) is 12.8. The van der Waals surface area contributed by atoms with Crippen molar-refractivity contribution < 1.29 is 9.47 Å². The predicted octanol–water partition coefficient (Wildman–Crippen LogP) is 2.28. The van der Waals surface area contributed by atoms with Gasteiger partial charge in [-0.1, -0.05) is 19.1 Å². The largest absolute Gasteiger partial charge is 0.493 e. The zero-order chi connectivity index (χ0) is 14.4. The van der Waals surface area contributed by atoms with Crippen molar-refractivity contribution in [2.45, 2.75) is 32.4 Å². The van der Waals surface area contributed by atoms with Crippen LogP contribution in [-0.4, -0.2) is 44.8 Å². The first-order chi connectivity index (χ1) is 9.78. The Bertz CT molecular complexity index is 417. The number of hydrogen-bond acceptors (Lipinski definition) is 4. The van der Waals surface area contributed by atoms with Crippen molar-refractivity contribution in [3.63, 3.8) is 0 Å². The molecule has 0 spiro atoms. The number of ether oxygens (including phenoxy) is 2. The summed E-state index contributed by atoms with van der Waals surface area (Å²) in [6.45, 7) is 6.40. The standard InChI is InChI=1S/C16H26N2O2/c1-4-18(12-14-8-6-10-17-14)11-13-7-5-9-15(19-2)16(13)20-3/h5,7,9,14,17H,4,6,8,10-12H2,1-3H3. The molecule has 1 aromatic rings. The van der Waals surface area contributed by atoms with Crippen LogP contribution < -0.4 is 14.8 Å². The molecule has 1 saturated heterocycles. The Kier molecular flexibility index (Phi) is 5.68. The van der Waals surface area contributed by atoms with Crippen molar-refractivity contribution in [2.75, 3.05) is 33.9 Å². The summed E-state index contributed by atoms with van der Waals surface area (Å²) in [5, 5.41) is 3.56. The van der Waals surface area contributed by atoms with E-state index in [9.17, 15) is 0 Å². The summed E-state index contributed by atoms with van der Waals surface area (Å²) < 4.78 is 10.9. The van der Waals surface area contributed by atoms with Gasteiger partial charge in [-0.25, -0.2) is 0 Å². The number of nitrogens with one attached hydrogen (secondary N) is 1. The van der Waals surface area contributed by atoms with Crippen molar-refractivity contribution in [2.24, 2.45) is 0 Å². The van der Waals surface area contributed by atoms with Gasteiger partial charge >= 0.3 is 0 Å². The number of hydrogen-bond donors (Lipinski definition) is 1. The zero-order valence-corrected chi connectivity index (χ0v) is 12.8. The lowest BCUT2D eigenvalue weighted by Crippen LogP contribution is -2.37. The molecule has 0 aliphatic carbocycles. The van der Waals surface area contributed by atoms with Gasteiger partial charge in [0.05, 0.1) is 14.2 Å². The Morgan fingerprint density at radius 3 is 2.75 bits per heavy atom. The van der Waals surface area contributed by atoms with Crippen molar-refractivity contribution in [3.05, 3.63) is 23.8 Å². The van der Waals surface area contributed by atoms with Gasteiger partial charge in [-0.15, -0.1) is 0 Å². The van der Waals surface area contributed by atoms with E-state index in [1.54, 1.807) is 14.2 Å². The van der Waals surface area contributed by atoms with Crippen molar-refractivity contribution in [3.8, 4) is 11.5 Å². The van der Waals surface area contributed by atoms with E-state index >= 15 is 0 Å². The summed E-state index contributed by atoms with van der Waals surface area (Å²) in [6.07, 6.45) is 2.58. The van der Waals surface area contributed by atoms with Gasteiger partial charge in [0.1, 0.15) is 0 Å². The van der Waals surface area contributed by atoms with Gasteiger partial charge in [0, 0.05) is 24.7 Å². The van der Waals surface area contributed by atoms with E-state index < -0.39 is 0 Å². The second-order valence-electron chi connectivity index (χ2n) is 5.27. The summed E-state index contributed by atoms with van der Waals surface area (Å²) in [5.41, 5.74) is 1.19. The molecule has 1 unspecified atom stereocenters. The summed E-state index contributed by atoms with van der Waals surface area (Å²) >= 11 is 0. The third-order valence-electron chi connectivity index (χ3n) is 3.97. The minimum Gasteiger partial charge on any atom is -0.493 e. The van der Waals surface area contributed by atoms with Gasteiger partial charge in [0.25, 0.3) is 0 Å². The first-order valence-electron chi connectivity index (χ1n) is 7.44. The second kappa shape index (κ2) is 7.50. The lowest BCUT2D eigenvalue weighted by molar-refractivity contribution is 0.248. The topological polar surface area (TPSA) is 33.7 Å². The highest BCUT2D eigenvalue weighted by atomic mass is 16.5. The van der Waals surface area contributed by atoms with Gasteiger partial charge in [0.2, 0.25) is 0 Å². The fraction of sp³-hybridized carbons (Fsp3) is 0.625. The molecule has 4 heteroatoms. The minimum absolute atomic E-state index is 0.631. The molecular formula is C16H26N2O2. The molecule has 0 saturated carbocycles. The highest BCUT2D eigenvalue weighted by Gasteiger charge is 2.18. The number of para-hydroxylation sites is 1. The number of methoxy groups -OCH3 is 2. The van der Waals surface area contributed by atoms with Crippen molar-refractivity contribution in [1.29, 1.82) is 0 Å². The van der Waals surface area contributed by atoms with Crippen LogP contribution in [0.3, 0.4) is 0 Å². The Balaban J connectivity index is 2.06. The molecule has 1 aliphatic rings. The fourth-order valence-electron chi connectivity index (χ4n) is 2.85. The lowest BCUT2D eigenvalue weighted by Gasteiger charge is -2.25. The molecule has 1 fully saturated rings. The highest BCUT2D eigenvalue weighted by molar-refractivity contribution is 5.46. The van der Waals surface area contributed by atoms with Crippen molar-refractivity contribution in [1.82, 2.24) is 10.2 Å². The van der Waals surface area contributed by atoms with E-state index in [4.69, 9.17) is 9.47 Å². The van der Waals surface area contributed by atoms with Crippen LogP contribution in [0.1, 0.15) is 25.3 Å². The SMILES string of the molecule is CCN(Cc1cccc(OC)c1OC)CC1CCCN1. The first-order valence-corrected chi connectivity index (χ1v) is 7.44. The molecular weight excluding hydrogens is 252 g/mol. The van der Waals surface area contributed by atoms with E-state index in [1.807, 2.05) is 12.1 Å². The molecule has 20 heavy (non-hydrogen) atoms. The van der Waals surface area contributed by atoms with Crippen LogP contribution >= 0.6 is 0 Å². The molecule has 0 bridgehead atoms. The average molecular weight is 278 g/mol. The maximum atomic E-state index is 5.52. The van der Waals surface area contributed by atoms with Gasteiger partial charge in [-0.3, -0.25) is 4.90 Å². The molecule has 1 aromatic carbocycles. The molecule has 1 aliphatic heterocycles. The maximum Gasteiger partial charge on any atom is 0.165 e. The Hall–Kier alpha value is -1.26. The van der Waals surface area contributed by atoms with E-state index in [-0.39, 0.29) is 0 Å². The van der Waals surface area contributed by atoms with E-state index in [0.29, 0.717) is 6.04 Å². The Labute approximate surface area is 122 Å². The highest BCUT2D eigenvalue weighted by Crippen LogP contribution is 2.31. The molecule has 0 amide bonds. The summed E-state index contributed by atoms with van der Waals surface area (Å²) in [5.74, 6) is 1.66. The molecule has 112 valence electrons. The van der Waals surface area contributed by atoms with E-state index in [2.05, 4.69) is 23.2 Å². The molecule has 1 N–H and O–H groups in total. The van der Waals surface area contributed by atoms with Crippen LogP contribution in [-0.2, 0) is 6.54 Å². The third kappa shape index (κ3) is 3.64. The monoisotopic (exact) mass is 278 g/mol. The maximum absolute atomic E-state index is 5.52. The van der Waals surface area contributed by atoms with E-state index in [1.165, 1.54) is 18.4 Å². The van der Waals surface area contributed by atoms with Gasteiger partial charge < -0.3 is 14.8 Å². The molecule has 0 radical (unpaired) electrons. The fourth-order valence-corrected chi connectivity index (χ4v) is 2.85. The predicted molar refractivity (Wildman–Crippen MR) is 81.5 cm³/mol. The Morgan fingerprint density at radius 2 is 2.15 bits per heavy atom. The van der Waals surface area contributed by atoms with Gasteiger partial charge in [0.15, 0.2) is 11.5 Å². The third-order valence-corrected chi connectivity index (χ3v) is 3.97. The Morgan fingerprint density at radius 1 is 1.30 bits per heavy atom. The second-order valence-corrected chi connectivity index (χ2v) is 5.27. The smallest absolute Gasteiger partial charge is 0.165 e. The molecule has 1 atom stereocenters.